The molecule has 0 radical (unpaired) electrons. The average molecular weight is 394 g/mol. The van der Waals surface area contributed by atoms with Gasteiger partial charge in [-0.05, 0) is 38.1 Å². The van der Waals surface area contributed by atoms with Crippen LogP contribution in [0.25, 0.3) is 0 Å². The number of anilines is 1. The molecule has 0 aromatic heterocycles. The molecule has 0 saturated heterocycles. The van der Waals surface area contributed by atoms with E-state index in [0.29, 0.717) is 5.75 Å². The third-order valence-corrected chi connectivity index (χ3v) is 5.36. The molecule has 0 aliphatic heterocycles. The molecular formula is C19H23FN2O4S. The van der Waals surface area contributed by atoms with Crippen molar-refractivity contribution in [3.05, 3.63) is 59.9 Å². The molecule has 2 aromatic carbocycles. The molecule has 0 saturated carbocycles. The number of sulfonamides is 1. The summed E-state index contributed by atoms with van der Waals surface area (Å²) in [7, 11) is -2.28. The van der Waals surface area contributed by atoms with Crippen LogP contribution in [0.2, 0.25) is 0 Å². The van der Waals surface area contributed by atoms with Crippen LogP contribution in [0.15, 0.2) is 48.5 Å². The number of halogens is 1. The highest BCUT2D eigenvalue weighted by Crippen LogP contribution is 2.26. The first-order chi connectivity index (χ1) is 12.6. The predicted octanol–water partition coefficient (Wildman–Crippen LogP) is 2.87. The minimum Gasteiger partial charge on any atom is -0.496 e. The number of nitrogens with zero attached hydrogens (tertiary/aromatic N) is 1. The minimum absolute atomic E-state index is 0.0881. The highest BCUT2D eigenvalue weighted by Gasteiger charge is 2.30. The Morgan fingerprint density at radius 3 is 2.41 bits per heavy atom. The SMILES string of the molecule is COc1ccccc1[C@@H](C)NC(=O)[C@@H](C)N(c1cccc(F)c1)S(C)(=O)=O. The zero-order chi connectivity index (χ0) is 20.2. The van der Waals surface area contributed by atoms with E-state index in [1.807, 2.05) is 18.2 Å². The minimum atomic E-state index is -3.81. The molecule has 0 unspecified atom stereocenters. The number of hydrogen-bond acceptors (Lipinski definition) is 4. The van der Waals surface area contributed by atoms with Crippen LogP contribution in [0.4, 0.5) is 10.1 Å². The molecule has 6 nitrogen and oxygen atoms in total. The van der Waals surface area contributed by atoms with E-state index >= 15 is 0 Å². The predicted molar refractivity (Wildman–Crippen MR) is 103 cm³/mol. The Balaban J connectivity index is 2.27. The molecule has 8 heteroatoms. The zero-order valence-corrected chi connectivity index (χ0v) is 16.5. The number of carbonyl (C=O) groups is 1. The molecule has 0 aliphatic carbocycles. The molecule has 0 bridgehead atoms. The highest BCUT2D eigenvalue weighted by atomic mass is 32.2. The van der Waals surface area contributed by atoms with Gasteiger partial charge in [0, 0.05) is 5.56 Å². The summed E-state index contributed by atoms with van der Waals surface area (Å²) < 4.78 is 44.3. The fourth-order valence-corrected chi connectivity index (χ4v) is 4.02. The molecule has 0 aliphatic rings. The summed E-state index contributed by atoms with van der Waals surface area (Å²) >= 11 is 0. The van der Waals surface area contributed by atoms with Crippen LogP contribution in [0.5, 0.6) is 5.75 Å². The van der Waals surface area contributed by atoms with Gasteiger partial charge in [-0.2, -0.15) is 0 Å². The van der Waals surface area contributed by atoms with E-state index < -0.39 is 33.8 Å². The van der Waals surface area contributed by atoms with E-state index in [0.717, 1.165) is 22.2 Å². The Kier molecular flexibility index (Phi) is 6.43. The lowest BCUT2D eigenvalue weighted by Crippen LogP contribution is -2.48. The van der Waals surface area contributed by atoms with E-state index in [4.69, 9.17) is 4.74 Å². The highest BCUT2D eigenvalue weighted by molar-refractivity contribution is 7.92. The molecule has 0 fully saturated rings. The number of hydrogen-bond donors (Lipinski definition) is 1. The molecule has 146 valence electrons. The van der Waals surface area contributed by atoms with Gasteiger partial charge in [0.05, 0.1) is 25.1 Å². The van der Waals surface area contributed by atoms with Gasteiger partial charge < -0.3 is 10.1 Å². The van der Waals surface area contributed by atoms with Crippen molar-refractivity contribution < 1.29 is 22.3 Å². The van der Waals surface area contributed by atoms with Crippen LogP contribution < -0.4 is 14.4 Å². The number of rotatable bonds is 7. The Bertz CT molecular complexity index is 917. The van der Waals surface area contributed by atoms with Gasteiger partial charge in [-0.25, -0.2) is 12.8 Å². The third kappa shape index (κ3) is 4.97. The van der Waals surface area contributed by atoms with Crippen molar-refractivity contribution in [2.45, 2.75) is 25.9 Å². The number of para-hydroxylation sites is 1. The van der Waals surface area contributed by atoms with Gasteiger partial charge >= 0.3 is 0 Å². The first-order valence-corrected chi connectivity index (χ1v) is 10.2. The molecule has 0 spiro atoms. The van der Waals surface area contributed by atoms with E-state index in [1.165, 1.54) is 32.2 Å². The summed E-state index contributed by atoms with van der Waals surface area (Å²) in [6.07, 6.45) is 0.978. The topological polar surface area (TPSA) is 75.7 Å². The Hall–Kier alpha value is -2.61. The Morgan fingerprint density at radius 2 is 1.81 bits per heavy atom. The van der Waals surface area contributed by atoms with Crippen molar-refractivity contribution in [3.63, 3.8) is 0 Å². The third-order valence-electron chi connectivity index (χ3n) is 4.12. The lowest BCUT2D eigenvalue weighted by Gasteiger charge is -2.29. The number of benzene rings is 2. The van der Waals surface area contributed by atoms with Crippen LogP contribution >= 0.6 is 0 Å². The Morgan fingerprint density at radius 1 is 1.15 bits per heavy atom. The maximum Gasteiger partial charge on any atom is 0.244 e. The first kappa shape index (κ1) is 20.7. The van der Waals surface area contributed by atoms with E-state index in [-0.39, 0.29) is 5.69 Å². The van der Waals surface area contributed by atoms with E-state index in [9.17, 15) is 17.6 Å². The van der Waals surface area contributed by atoms with Gasteiger partial charge in [0.15, 0.2) is 0 Å². The number of amides is 1. The molecule has 1 N–H and O–H groups in total. The molecule has 2 rings (SSSR count). The van der Waals surface area contributed by atoms with Gasteiger partial charge in [-0.1, -0.05) is 24.3 Å². The maximum atomic E-state index is 13.6. The van der Waals surface area contributed by atoms with Crippen molar-refractivity contribution in [2.24, 2.45) is 0 Å². The maximum absolute atomic E-state index is 13.6. The smallest absolute Gasteiger partial charge is 0.244 e. The van der Waals surface area contributed by atoms with Crippen molar-refractivity contribution in [1.29, 1.82) is 0 Å². The van der Waals surface area contributed by atoms with Crippen molar-refractivity contribution in [2.75, 3.05) is 17.7 Å². The zero-order valence-electron chi connectivity index (χ0n) is 15.6. The lowest BCUT2D eigenvalue weighted by atomic mass is 10.1. The quantitative estimate of drug-likeness (QED) is 0.784. The molecule has 1 amide bonds. The number of nitrogens with one attached hydrogen (secondary N) is 1. The number of ether oxygens (including phenoxy) is 1. The van der Waals surface area contributed by atoms with Gasteiger partial charge in [0.25, 0.3) is 0 Å². The van der Waals surface area contributed by atoms with Crippen LogP contribution in [-0.4, -0.2) is 33.7 Å². The summed E-state index contributed by atoms with van der Waals surface area (Å²) in [4.78, 5) is 12.7. The normalized spacial score (nSPS) is 13.5. The second kappa shape index (κ2) is 8.39. The van der Waals surface area contributed by atoms with Gasteiger partial charge in [0.1, 0.15) is 17.6 Å². The van der Waals surface area contributed by atoms with E-state index in [2.05, 4.69) is 5.32 Å². The molecule has 2 aromatic rings. The molecule has 2 atom stereocenters. The summed E-state index contributed by atoms with van der Waals surface area (Å²) in [5, 5.41) is 2.79. The molecular weight excluding hydrogens is 371 g/mol. The van der Waals surface area contributed by atoms with Gasteiger partial charge in [-0.3, -0.25) is 9.10 Å². The van der Waals surface area contributed by atoms with Crippen LogP contribution in [0.3, 0.4) is 0 Å². The second-order valence-electron chi connectivity index (χ2n) is 6.19. The fraction of sp³-hybridized carbons (Fsp3) is 0.316. The largest absolute Gasteiger partial charge is 0.496 e. The second-order valence-corrected chi connectivity index (χ2v) is 8.05. The van der Waals surface area contributed by atoms with Crippen molar-refractivity contribution >= 4 is 21.6 Å². The summed E-state index contributed by atoms with van der Waals surface area (Å²) in [6.45, 7) is 3.23. The lowest BCUT2D eigenvalue weighted by molar-refractivity contribution is -0.122. The van der Waals surface area contributed by atoms with Crippen LogP contribution in [-0.2, 0) is 14.8 Å². The Labute approximate surface area is 159 Å². The monoisotopic (exact) mass is 394 g/mol. The van der Waals surface area contributed by atoms with Gasteiger partial charge in [-0.15, -0.1) is 0 Å². The van der Waals surface area contributed by atoms with Crippen molar-refractivity contribution in [3.8, 4) is 5.75 Å². The van der Waals surface area contributed by atoms with Gasteiger partial charge in [0.2, 0.25) is 15.9 Å². The summed E-state index contributed by atoms with van der Waals surface area (Å²) in [6, 6.07) is 10.9. The fourth-order valence-electron chi connectivity index (χ4n) is 2.86. The standard InChI is InChI=1S/C19H23FN2O4S/c1-13(17-10-5-6-11-18(17)26-3)21-19(23)14(2)22(27(4,24)25)16-9-7-8-15(20)12-16/h5-14H,1-4H3,(H,21,23)/t13-,14-/m1/s1. The van der Waals surface area contributed by atoms with Crippen molar-refractivity contribution in [1.82, 2.24) is 5.32 Å². The molecule has 0 heterocycles. The van der Waals surface area contributed by atoms with Crippen LogP contribution in [0, 0.1) is 5.82 Å². The molecule has 27 heavy (non-hydrogen) atoms. The first-order valence-electron chi connectivity index (χ1n) is 8.33. The summed E-state index contributed by atoms with van der Waals surface area (Å²) in [5.41, 5.74) is 0.849. The summed E-state index contributed by atoms with van der Waals surface area (Å²) in [5.74, 6) is -0.484. The number of carbonyl (C=O) groups excluding carboxylic acids is 1. The van der Waals surface area contributed by atoms with Crippen LogP contribution in [0.1, 0.15) is 25.5 Å². The average Bonchev–Trinajstić information content (AvgIpc) is 2.60. The van der Waals surface area contributed by atoms with E-state index in [1.54, 1.807) is 13.0 Å². The number of methoxy groups -OCH3 is 1.